The van der Waals surface area contributed by atoms with Crippen molar-refractivity contribution in [1.29, 1.82) is 0 Å². The Balaban J connectivity index is 3.33. The molecule has 0 spiro atoms. The van der Waals surface area contributed by atoms with Crippen LogP contribution >= 0.6 is 0 Å². The largest absolute Gasteiger partial charge is 0.416 e. The minimum absolute atomic E-state index is 0.130. The van der Waals surface area contributed by atoms with Crippen LogP contribution in [0.3, 0.4) is 0 Å². The van der Waals surface area contributed by atoms with Crippen LogP contribution < -0.4 is 5.73 Å². The Morgan fingerprint density at radius 1 is 1.39 bits per heavy atom. The molecule has 7 heteroatoms. The predicted octanol–water partition coefficient (Wildman–Crippen LogP) is 2.32. The van der Waals surface area contributed by atoms with Crippen molar-refractivity contribution in [2.24, 2.45) is 5.73 Å². The van der Waals surface area contributed by atoms with Crippen molar-refractivity contribution in [2.75, 3.05) is 5.75 Å². The maximum absolute atomic E-state index is 12.5. The fraction of sp³-hybridized carbons (Fsp3) is 0.364. The van der Waals surface area contributed by atoms with E-state index in [4.69, 9.17) is 5.73 Å². The molecule has 18 heavy (non-hydrogen) atoms. The van der Waals surface area contributed by atoms with Gasteiger partial charge in [0.05, 0.1) is 26.8 Å². The van der Waals surface area contributed by atoms with E-state index >= 15 is 0 Å². The van der Waals surface area contributed by atoms with E-state index in [1.165, 1.54) is 0 Å². The molecule has 0 saturated heterocycles. The van der Waals surface area contributed by atoms with Gasteiger partial charge in [-0.25, -0.2) is 0 Å². The normalized spacial score (nSPS) is 13.3. The first-order valence-corrected chi connectivity index (χ1v) is 6.48. The summed E-state index contributed by atoms with van der Waals surface area (Å²) in [4.78, 5) is 10.9. The molecule has 0 aliphatic heterocycles. The van der Waals surface area contributed by atoms with Crippen molar-refractivity contribution in [3.8, 4) is 0 Å². The highest BCUT2D eigenvalue weighted by atomic mass is 32.2. The van der Waals surface area contributed by atoms with Crippen LogP contribution in [0.5, 0.6) is 0 Å². The third-order valence-electron chi connectivity index (χ3n) is 2.21. The molecule has 0 aliphatic carbocycles. The van der Waals surface area contributed by atoms with Gasteiger partial charge in [0.2, 0.25) is 5.91 Å². The van der Waals surface area contributed by atoms with Crippen molar-refractivity contribution in [1.82, 2.24) is 0 Å². The lowest BCUT2D eigenvalue weighted by Crippen LogP contribution is -2.17. The van der Waals surface area contributed by atoms with Crippen molar-refractivity contribution in [3.63, 3.8) is 0 Å². The number of alkyl halides is 3. The highest BCUT2D eigenvalue weighted by molar-refractivity contribution is 7.85. The number of primary amides is 1. The fourth-order valence-electron chi connectivity index (χ4n) is 1.39. The summed E-state index contributed by atoms with van der Waals surface area (Å²) < 4.78 is 49.4. The average molecular weight is 279 g/mol. The first-order valence-electron chi connectivity index (χ1n) is 5.16. The Kier molecular flexibility index (Phi) is 4.50. The highest BCUT2D eigenvalue weighted by Crippen LogP contribution is 2.31. The van der Waals surface area contributed by atoms with Crippen LogP contribution in [0.4, 0.5) is 13.2 Å². The second-order valence-corrected chi connectivity index (χ2v) is 5.16. The minimum Gasteiger partial charge on any atom is -0.366 e. The van der Waals surface area contributed by atoms with E-state index in [0.717, 1.165) is 18.2 Å². The average Bonchev–Trinajstić information content (AvgIpc) is 2.27. The summed E-state index contributed by atoms with van der Waals surface area (Å²) >= 11 is 0. The number of benzene rings is 1. The van der Waals surface area contributed by atoms with E-state index in [1.807, 2.05) is 0 Å². The van der Waals surface area contributed by atoms with Gasteiger partial charge in [-0.2, -0.15) is 13.2 Å². The van der Waals surface area contributed by atoms with Gasteiger partial charge < -0.3 is 5.73 Å². The molecular weight excluding hydrogens is 267 g/mol. The summed E-state index contributed by atoms with van der Waals surface area (Å²) in [6.07, 6.45) is -4.01. The Labute approximate surface area is 105 Å². The molecule has 1 aromatic rings. The van der Waals surface area contributed by atoms with E-state index in [-0.39, 0.29) is 16.2 Å². The molecule has 0 aliphatic rings. The smallest absolute Gasteiger partial charge is 0.366 e. The number of amides is 1. The van der Waals surface area contributed by atoms with E-state index in [9.17, 15) is 22.2 Å². The SMILES string of the molecule is CCCS(=O)c1cc(C(F)(F)F)ccc1C(N)=O. The Hall–Kier alpha value is -1.37. The number of rotatable bonds is 4. The quantitative estimate of drug-likeness (QED) is 0.919. The van der Waals surface area contributed by atoms with Crippen molar-refractivity contribution in [2.45, 2.75) is 24.4 Å². The van der Waals surface area contributed by atoms with E-state index in [0.29, 0.717) is 6.42 Å². The maximum atomic E-state index is 12.5. The zero-order valence-corrected chi connectivity index (χ0v) is 10.4. The molecule has 0 fully saturated rings. The summed E-state index contributed by atoms with van der Waals surface area (Å²) in [6, 6.07) is 2.45. The number of carbonyl (C=O) groups is 1. The van der Waals surface area contributed by atoms with E-state index < -0.39 is 28.4 Å². The molecular formula is C11H12F3NO2S. The number of nitrogens with two attached hydrogens (primary N) is 1. The van der Waals surface area contributed by atoms with Crippen LogP contribution in [0.25, 0.3) is 0 Å². The molecule has 0 radical (unpaired) electrons. The van der Waals surface area contributed by atoms with Gasteiger partial charge in [0.25, 0.3) is 0 Å². The fourth-order valence-corrected chi connectivity index (χ4v) is 2.65. The maximum Gasteiger partial charge on any atom is 0.416 e. The molecule has 0 heterocycles. The standard InChI is InChI=1S/C11H12F3NO2S/c1-2-5-18(17)9-6-7(11(12,13)14)3-4-8(9)10(15)16/h3-4,6H,2,5H2,1H3,(H2,15,16). The zero-order chi connectivity index (χ0) is 13.9. The van der Waals surface area contributed by atoms with Gasteiger partial charge in [-0.1, -0.05) is 6.92 Å². The summed E-state index contributed by atoms with van der Waals surface area (Å²) in [5.41, 5.74) is 3.99. The monoisotopic (exact) mass is 279 g/mol. The van der Waals surface area contributed by atoms with Crippen LogP contribution in [-0.2, 0) is 17.0 Å². The molecule has 0 saturated carbocycles. The Morgan fingerprint density at radius 2 is 2.00 bits per heavy atom. The molecule has 3 nitrogen and oxygen atoms in total. The van der Waals surface area contributed by atoms with Gasteiger partial charge >= 0.3 is 6.18 Å². The molecule has 0 aromatic heterocycles. The second-order valence-electron chi connectivity index (χ2n) is 3.62. The summed E-state index contributed by atoms with van der Waals surface area (Å²) in [7, 11) is -1.66. The predicted molar refractivity (Wildman–Crippen MR) is 61.5 cm³/mol. The Bertz CT molecular complexity index is 486. The van der Waals surface area contributed by atoms with Crippen LogP contribution in [0.1, 0.15) is 29.3 Å². The van der Waals surface area contributed by atoms with Crippen molar-refractivity contribution < 1.29 is 22.2 Å². The number of carbonyl (C=O) groups excluding carboxylic acids is 1. The molecule has 1 aromatic carbocycles. The van der Waals surface area contributed by atoms with Gasteiger partial charge in [0.15, 0.2) is 0 Å². The van der Waals surface area contributed by atoms with Crippen LogP contribution in [0.2, 0.25) is 0 Å². The molecule has 100 valence electrons. The third kappa shape index (κ3) is 3.32. The lowest BCUT2D eigenvalue weighted by molar-refractivity contribution is -0.137. The molecule has 1 unspecified atom stereocenters. The van der Waals surface area contributed by atoms with Gasteiger partial charge in [-0.05, 0) is 24.6 Å². The Morgan fingerprint density at radius 3 is 2.44 bits per heavy atom. The molecule has 0 bridgehead atoms. The number of hydrogen-bond acceptors (Lipinski definition) is 2. The molecule has 1 rings (SSSR count). The highest BCUT2D eigenvalue weighted by Gasteiger charge is 2.32. The van der Waals surface area contributed by atoms with Crippen LogP contribution in [0, 0.1) is 0 Å². The van der Waals surface area contributed by atoms with Gasteiger partial charge in [-0.15, -0.1) is 0 Å². The van der Waals surface area contributed by atoms with Gasteiger partial charge in [0, 0.05) is 5.75 Å². The van der Waals surface area contributed by atoms with E-state index in [1.54, 1.807) is 6.92 Å². The zero-order valence-electron chi connectivity index (χ0n) is 9.58. The summed E-state index contributed by atoms with van der Waals surface area (Å²) in [6.45, 7) is 1.75. The molecule has 1 amide bonds. The number of hydrogen-bond donors (Lipinski definition) is 1. The van der Waals surface area contributed by atoms with Crippen molar-refractivity contribution in [3.05, 3.63) is 29.3 Å². The van der Waals surface area contributed by atoms with Gasteiger partial charge in [0.1, 0.15) is 0 Å². The van der Waals surface area contributed by atoms with Crippen LogP contribution in [-0.4, -0.2) is 15.9 Å². The second kappa shape index (κ2) is 5.51. The lowest BCUT2D eigenvalue weighted by atomic mass is 10.1. The van der Waals surface area contributed by atoms with E-state index in [2.05, 4.69) is 0 Å². The topological polar surface area (TPSA) is 60.2 Å². The van der Waals surface area contributed by atoms with Crippen LogP contribution in [0.15, 0.2) is 23.1 Å². The third-order valence-corrected chi connectivity index (χ3v) is 3.82. The summed E-state index contributed by atoms with van der Waals surface area (Å²) in [5, 5.41) is 0. The van der Waals surface area contributed by atoms with Gasteiger partial charge in [-0.3, -0.25) is 9.00 Å². The lowest BCUT2D eigenvalue weighted by Gasteiger charge is -2.11. The van der Waals surface area contributed by atoms with Crippen molar-refractivity contribution >= 4 is 16.7 Å². The first-order chi connectivity index (χ1) is 8.27. The number of halogens is 3. The minimum atomic E-state index is -4.54. The first kappa shape index (κ1) is 14.7. The molecule has 2 N–H and O–H groups in total. The summed E-state index contributed by atoms with van der Waals surface area (Å²) in [5.74, 6) is -0.704. The molecule has 1 atom stereocenters.